The summed E-state index contributed by atoms with van der Waals surface area (Å²) in [5.74, 6) is 0.0189. The monoisotopic (exact) mass is 316 g/mol. The molecule has 2 amide bonds. The summed E-state index contributed by atoms with van der Waals surface area (Å²) in [6, 6.07) is 8.13. The highest BCUT2D eigenvalue weighted by Crippen LogP contribution is 2.30. The fourth-order valence-corrected chi connectivity index (χ4v) is 3.54. The van der Waals surface area contributed by atoms with E-state index in [1.165, 1.54) is 5.56 Å². The molecule has 0 radical (unpaired) electrons. The Kier molecular flexibility index (Phi) is 4.84. The number of anilines is 1. The van der Waals surface area contributed by atoms with Gasteiger partial charge in [0.1, 0.15) is 0 Å². The molecular weight excluding hydrogens is 292 g/mol. The quantitative estimate of drug-likeness (QED) is 0.843. The maximum absolute atomic E-state index is 13.0. The number of piperidine rings is 1. The first-order valence-corrected chi connectivity index (χ1v) is 8.51. The smallest absolute Gasteiger partial charge is 0.409 e. The van der Waals surface area contributed by atoms with Crippen molar-refractivity contribution in [3.63, 3.8) is 0 Å². The van der Waals surface area contributed by atoms with Gasteiger partial charge < -0.3 is 14.5 Å². The summed E-state index contributed by atoms with van der Waals surface area (Å²) in [7, 11) is 0. The Bertz CT molecular complexity index is 587. The van der Waals surface area contributed by atoms with Crippen LogP contribution in [0.25, 0.3) is 0 Å². The second-order valence-electron chi connectivity index (χ2n) is 6.21. The van der Waals surface area contributed by atoms with Gasteiger partial charge >= 0.3 is 6.09 Å². The van der Waals surface area contributed by atoms with Crippen LogP contribution in [0.3, 0.4) is 0 Å². The minimum absolute atomic E-state index is 0.126. The number of aryl methyl sites for hydroxylation is 1. The Balaban J connectivity index is 1.72. The van der Waals surface area contributed by atoms with Gasteiger partial charge in [-0.3, -0.25) is 4.79 Å². The van der Waals surface area contributed by atoms with Crippen molar-refractivity contribution < 1.29 is 14.3 Å². The van der Waals surface area contributed by atoms with Crippen LogP contribution in [0.4, 0.5) is 10.5 Å². The summed E-state index contributed by atoms with van der Waals surface area (Å²) in [6.45, 7) is 4.09. The molecule has 2 heterocycles. The van der Waals surface area contributed by atoms with Gasteiger partial charge in [-0.2, -0.15) is 0 Å². The average molecular weight is 316 g/mol. The molecule has 5 nitrogen and oxygen atoms in total. The molecule has 2 aliphatic heterocycles. The summed E-state index contributed by atoms with van der Waals surface area (Å²) in [6.07, 6.45) is 3.42. The molecule has 124 valence electrons. The van der Waals surface area contributed by atoms with Gasteiger partial charge in [-0.15, -0.1) is 0 Å². The van der Waals surface area contributed by atoms with Crippen LogP contribution in [0, 0.1) is 5.92 Å². The lowest BCUT2D eigenvalue weighted by Gasteiger charge is -2.36. The number of benzene rings is 1. The number of hydrogen-bond donors (Lipinski definition) is 0. The summed E-state index contributed by atoms with van der Waals surface area (Å²) in [5, 5.41) is 0. The molecule has 1 atom stereocenters. The van der Waals surface area contributed by atoms with Crippen molar-refractivity contribution >= 4 is 17.7 Å². The molecule has 1 aromatic carbocycles. The second-order valence-corrected chi connectivity index (χ2v) is 6.21. The van der Waals surface area contributed by atoms with Crippen molar-refractivity contribution in [3.05, 3.63) is 29.8 Å². The minimum Gasteiger partial charge on any atom is -0.450 e. The number of carbonyl (C=O) groups excluding carboxylic acids is 2. The Morgan fingerprint density at radius 3 is 2.87 bits per heavy atom. The van der Waals surface area contributed by atoms with E-state index in [-0.39, 0.29) is 17.9 Å². The van der Waals surface area contributed by atoms with E-state index in [1.807, 2.05) is 23.1 Å². The Morgan fingerprint density at radius 2 is 2.04 bits per heavy atom. The van der Waals surface area contributed by atoms with Gasteiger partial charge in [-0.25, -0.2) is 4.79 Å². The standard InChI is InChI=1S/C18H24N2O3/c1-2-23-18(22)19-11-5-9-15(13-19)17(21)20-12-6-8-14-7-3-4-10-16(14)20/h3-4,7,10,15H,2,5-6,8-9,11-13H2,1H3. The molecule has 5 heteroatoms. The van der Waals surface area contributed by atoms with Crippen molar-refractivity contribution in [1.29, 1.82) is 0 Å². The fraction of sp³-hybridized carbons (Fsp3) is 0.556. The predicted octanol–water partition coefficient (Wildman–Crippen LogP) is 2.83. The van der Waals surface area contributed by atoms with E-state index in [1.54, 1.807) is 11.8 Å². The number of ether oxygens (including phenoxy) is 1. The topological polar surface area (TPSA) is 49.9 Å². The third-order valence-electron chi connectivity index (χ3n) is 4.67. The number of amides is 2. The van der Waals surface area contributed by atoms with Crippen LogP contribution in [0.5, 0.6) is 0 Å². The third kappa shape index (κ3) is 3.33. The van der Waals surface area contributed by atoms with E-state index in [0.717, 1.165) is 37.9 Å². The van der Waals surface area contributed by atoms with Crippen LogP contribution in [-0.4, -0.2) is 43.1 Å². The maximum atomic E-state index is 13.0. The van der Waals surface area contributed by atoms with E-state index in [0.29, 0.717) is 19.7 Å². The Hall–Kier alpha value is -2.04. The molecule has 1 saturated heterocycles. The number of hydrogen-bond acceptors (Lipinski definition) is 3. The van der Waals surface area contributed by atoms with Crippen LogP contribution in [0.15, 0.2) is 24.3 Å². The van der Waals surface area contributed by atoms with E-state index in [4.69, 9.17) is 4.74 Å². The second kappa shape index (κ2) is 7.02. The van der Waals surface area contributed by atoms with Crippen LogP contribution >= 0.6 is 0 Å². The molecular formula is C18H24N2O3. The Morgan fingerprint density at radius 1 is 1.22 bits per heavy atom. The van der Waals surface area contributed by atoms with E-state index < -0.39 is 0 Å². The molecule has 23 heavy (non-hydrogen) atoms. The largest absolute Gasteiger partial charge is 0.450 e. The van der Waals surface area contributed by atoms with Crippen LogP contribution in [0.2, 0.25) is 0 Å². The molecule has 0 bridgehead atoms. The molecule has 0 aromatic heterocycles. The van der Waals surface area contributed by atoms with Gasteiger partial charge in [0, 0.05) is 25.3 Å². The molecule has 0 saturated carbocycles. The number of fused-ring (bicyclic) bond motifs is 1. The van der Waals surface area contributed by atoms with Gasteiger partial charge in [-0.05, 0) is 44.2 Å². The summed E-state index contributed by atoms with van der Waals surface area (Å²) < 4.78 is 5.07. The van der Waals surface area contributed by atoms with Gasteiger partial charge in [0.25, 0.3) is 0 Å². The van der Waals surface area contributed by atoms with Gasteiger partial charge in [-0.1, -0.05) is 18.2 Å². The predicted molar refractivity (Wildman–Crippen MR) is 88.4 cm³/mol. The molecule has 2 aliphatic rings. The summed E-state index contributed by atoms with van der Waals surface area (Å²) in [4.78, 5) is 28.5. The van der Waals surface area contributed by atoms with Crippen LogP contribution in [-0.2, 0) is 16.0 Å². The molecule has 1 fully saturated rings. The number of carbonyl (C=O) groups is 2. The Labute approximate surface area is 137 Å². The molecule has 0 spiro atoms. The summed E-state index contributed by atoms with van der Waals surface area (Å²) >= 11 is 0. The molecule has 3 rings (SSSR count). The van der Waals surface area contributed by atoms with Crippen molar-refractivity contribution in [2.75, 3.05) is 31.1 Å². The fourth-order valence-electron chi connectivity index (χ4n) is 3.54. The normalized spacial score (nSPS) is 20.8. The highest BCUT2D eigenvalue weighted by atomic mass is 16.6. The SMILES string of the molecule is CCOC(=O)N1CCCC(C(=O)N2CCCc3ccccc32)C1. The zero-order valence-corrected chi connectivity index (χ0v) is 13.7. The minimum atomic E-state index is -0.302. The average Bonchev–Trinajstić information content (AvgIpc) is 2.61. The van der Waals surface area contributed by atoms with E-state index in [9.17, 15) is 9.59 Å². The first-order chi connectivity index (χ1) is 11.2. The van der Waals surface area contributed by atoms with E-state index >= 15 is 0 Å². The highest BCUT2D eigenvalue weighted by Gasteiger charge is 2.33. The third-order valence-corrected chi connectivity index (χ3v) is 4.67. The number of rotatable bonds is 2. The van der Waals surface area contributed by atoms with Crippen molar-refractivity contribution in [2.45, 2.75) is 32.6 Å². The number of nitrogens with zero attached hydrogens (tertiary/aromatic N) is 2. The number of para-hydroxylation sites is 1. The van der Waals surface area contributed by atoms with Crippen molar-refractivity contribution in [2.24, 2.45) is 5.92 Å². The van der Waals surface area contributed by atoms with Crippen molar-refractivity contribution in [3.8, 4) is 0 Å². The van der Waals surface area contributed by atoms with Crippen molar-refractivity contribution in [1.82, 2.24) is 4.90 Å². The van der Waals surface area contributed by atoms with Gasteiger partial charge in [0.05, 0.1) is 12.5 Å². The van der Waals surface area contributed by atoms with Crippen LogP contribution in [0.1, 0.15) is 31.7 Å². The molecule has 1 aromatic rings. The zero-order valence-electron chi connectivity index (χ0n) is 13.7. The first kappa shape index (κ1) is 15.8. The maximum Gasteiger partial charge on any atom is 0.409 e. The molecule has 0 N–H and O–H groups in total. The van der Waals surface area contributed by atoms with Gasteiger partial charge in [0.2, 0.25) is 5.91 Å². The molecule has 0 aliphatic carbocycles. The van der Waals surface area contributed by atoms with Gasteiger partial charge in [0.15, 0.2) is 0 Å². The lowest BCUT2D eigenvalue weighted by molar-refractivity contribution is -0.123. The lowest BCUT2D eigenvalue weighted by Crippen LogP contribution is -2.48. The zero-order chi connectivity index (χ0) is 16.2. The molecule has 1 unspecified atom stereocenters. The van der Waals surface area contributed by atoms with Crippen LogP contribution < -0.4 is 4.90 Å². The number of likely N-dealkylation sites (tertiary alicyclic amines) is 1. The lowest BCUT2D eigenvalue weighted by atomic mass is 9.94. The first-order valence-electron chi connectivity index (χ1n) is 8.51. The highest BCUT2D eigenvalue weighted by molar-refractivity contribution is 5.96. The van der Waals surface area contributed by atoms with E-state index in [2.05, 4.69) is 6.07 Å². The summed E-state index contributed by atoms with van der Waals surface area (Å²) in [5.41, 5.74) is 2.28.